The second-order valence-electron chi connectivity index (χ2n) is 4.93. The zero-order valence-electron chi connectivity index (χ0n) is 10.9. The van der Waals surface area contributed by atoms with Crippen molar-refractivity contribution in [3.63, 3.8) is 0 Å². The molecule has 0 aliphatic heterocycles. The summed E-state index contributed by atoms with van der Waals surface area (Å²) in [7, 11) is 0. The molecule has 1 heterocycles. The van der Waals surface area contributed by atoms with Gasteiger partial charge in [0.1, 0.15) is 5.82 Å². The number of hydrogen-bond acceptors (Lipinski definition) is 3. The van der Waals surface area contributed by atoms with Gasteiger partial charge in [0.15, 0.2) is 5.82 Å². The summed E-state index contributed by atoms with van der Waals surface area (Å²) in [6, 6.07) is 4.19. The Bertz CT molecular complexity index is 677. The van der Waals surface area contributed by atoms with Crippen molar-refractivity contribution < 1.29 is 13.2 Å². The molecule has 1 aromatic heterocycles. The van der Waals surface area contributed by atoms with Crippen molar-refractivity contribution in [3.8, 4) is 11.4 Å². The molecule has 0 unspecified atom stereocenters. The maximum absolute atomic E-state index is 13.2. The average molecular weight is 361 g/mol. The second-order valence-corrected chi connectivity index (χ2v) is 5.85. The lowest BCUT2D eigenvalue weighted by Crippen LogP contribution is -2.11. The standard InChI is InChI=1S/C13H12BrF3N4/c14-7-1-4-9(10(5-7)13(15,16)17)12-20-19-11(6-18)21(12)8-2-3-8/h1,4-5,8H,2-3,6,18H2. The first-order valence-corrected chi connectivity index (χ1v) is 7.22. The van der Waals surface area contributed by atoms with Crippen LogP contribution in [0.3, 0.4) is 0 Å². The van der Waals surface area contributed by atoms with Crippen molar-refractivity contribution in [2.75, 3.05) is 0 Å². The quantitative estimate of drug-likeness (QED) is 0.910. The molecule has 0 spiro atoms. The zero-order chi connectivity index (χ0) is 15.2. The van der Waals surface area contributed by atoms with Crippen LogP contribution in [0.4, 0.5) is 13.2 Å². The van der Waals surface area contributed by atoms with Crippen molar-refractivity contribution in [1.29, 1.82) is 0 Å². The van der Waals surface area contributed by atoms with E-state index in [1.807, 2.05) is 0 Å². The molecule has 2 aromatic rings. The number of nitrogens with two attached hydrogens (primary N) is 1. The van der Waals surface area contributed by atoms with Crippen molar-refractivity contribution in [1.82, 2.24) is 14.8 Å². The Morgan fingerprint density at radius 1 is 1.29 bits per heavy atom. The van der Waals surface area contributed by atoms with Crippen LogP contribution in [0.2, 0.25) is 0 Å². The Morgan fingerprint density at radius 2 is 2.00 bits per heavy atom. The van der Waals surface area contributed by atoms with Gasteiger partial charge in [-0.1, -0.05) is 15.9 Å². The number of halogens is 4. The average Bonchev–Trinajstić information content (AvgIpc) is 3.17. The summed E-state index contributed by atoms with van der Waals surface area (Å²) in [6.45, 7) is 0.154. The maximum atomic E-state index is 13.2. The molecule has 21 heavy (non-hydrogen) atoms. The van der Waals surface area contributed by atoms with E-state index in [1.165, 1.54) is 6.07 Å². The van der Waals surface area contributed by atoms with Gasteiger partial charge in [-0.25, -0.2) is 0 Å². The third kappa shape index (κ3) is 2.69. The Kier molecular flexibility index (Phi) is 3.53. The van der Waals surface area contributed by atoms with E-state index in [-0.39, 0.29) is 24.0 Å². The van der Waals surface area contributed by atoms with E-state index in [4.69, 9.17) is 5.73 Å². The molecule has 3 rings (SSSR count). The van der Waals surface area contributed by atoms with Crippen molar-refractivity contribution in [2.24, 2.45) is 5.73 Å². The number of aromatic nitrogens is 3. The largest absolute Gasteiger partial charge is 0.417 e. The molecule has 0 saturated heterocycles. The highest BCUT2D eigenvalue weighted by Crippen LogP contribution is 2.42. The van der Waals surface area contributed by atoms with Gasteiger partial charge in [-0.2, -0.15) is 13.2 Å². The topological polar surface area (TPSA) is 56.7 Å². The molecular weight excluding hydrogens is 349 g/mol. The van der Waals surface area contributed by atoms with Crippen molar-refractivity contribution in [2.45, 2.75) is 31.6 Å². The van der Waals surface area contributed by atoms with Gasteiger partial charge in [0.05, 0.1) is 12.1 Å². The fourth-order valence-corrected chi connectivity index (χ4v) is 2.67. The minimum absolute atomic E-state index is 0.0322. The first kappa shape index (κ1) is 14.5. The van der Waals surface area contributed by atoms with Gasteiger partial charge in [0.25, 0.3) is 0 Å². The van der Waals surface area contributed by atoms with E-state index in [2.05, 4.69) is 26.1 Å². The molecule has 1 aliphatic rings. The first-order valence-electron chi connectivity index (χ1n) is 6.42. The summed E-state index contributed by atoms with van der Waals surface area (Å²) in [5.74, 6) is 0.751. The van der Waals surface area contributed by atoms with Gasteiger partial charge in [-0.15, -0.1) is 10.2 Å². The molecule has 1 aliphatic carbocycles. The van der Waals surface area contributed by atoms with E-state index in [0.717, 1.165) is 18.9 Å². The summed E-state index contributed by atoms with van der Waals surface area (Å²) in [6.07, 6.45) is -2.63. The first-order chi connectivity index (χ1) is 9.91. The van der Waals surface area contributed by atoms with Gasteiger partial charge in [-0.05, 0) is 31.0 Å². The predicted molar refractivity (Wildman–Crippen MR) is 74.3 cm³/mol. The number of benzene rings is 1. The van der Waals surface area contributed by atoms with E-state index in [9.17, 15) is 13.2 Å². The highest BCUT2D eigenvalue weighted by atomic mass is 79.9. The number of nitrogens with zero attached hydrogens (tertiary/aromatic N) is 3. The molecule has 0 atom stereocenters. The van der Waals surface area contributed by atoms with Crippen LogP contribution < -0.4 is 5.73 Å². The fourth-order valence-electron chi connectivity index (χ4n) is 2.31. The van der Waals surface area contributed by atoms with Gasteiger partial charge >= 0.3 is 6.18 Å². The highest BCUT2D eigenvalue weighted by Gasteiger charge is 2.37. The van der Waals surface area contributed by atoms with Crippen LogP contribution in [0.5, 0.6) is 0 Å². The van der Waals surface area contributed by atoms with Crippen LogP contribution in [0.15, 0.2) is 22.7 Å². The maximum Gasteiger partial charge on any atom is 0.417 e. The normalized spacial score (nSPS) is 15.5. The molecule has 1 fully saturated rings. The van der Waals surface area contributed by atoms with Gasteiger partial charge in [0.2, 0.25) is 0 Å². The molecule has 0 amide bonds. The van der Waals surface area contributed by atoms with Crippen LogP contribution in [0.1, 0.15) is 30.3 Å². The van der Waals surface area contributed by atoms with E-state index >= 15 is 0 Å². The molecule has 1 aromatic carbocycles. The zero-order valence-corrected chi connectivity index (χ0v) is 12.4. The van der Waals surface area contributed by atoms with Crippen LogP contribution in [-0.4, -0.2) is 14.8 Å². The Morgan fingerprint density at radius 3 is 2.57 bits per heavy atom. The lowest BCUT2D eigenvalue weighted by molar-refractivity contribution is -0.137. The van der Waals surface area contributed by atoms with Crippen LogP contribution in [0, 0.1) is 0 Å². The second kappa shape index (κ2) is 5.10. The number of alkyl halides is 3. The Labute approximate surface area is 127 Å². The lowest BCUT2D eigenvalue weighted by atomic mass is 10.1. The predicted octanol–water partition coefficient (Wildman–Crippen LogP) is 3.52. The van der Waals surface area contributed by atoms with Crippen LogP contribution in [0.25, 0.3) is 11.4 Å². The van der Waals surface area contributed by atoms with Gasteiger partial charge < -0.3 is 10.3 Å². The molecule has 4 nitrogen and oxygen atoms in total. The molecule has 112 valence electrons. The smallest absolute Gasteiger partial charge is 0.324 e. The summed E-state index contributed by atoms with van der Waals surface area (Å²) in [5, 5.41) is 7.87. The van der Waals surface area contributed by atoms with Crippen molar-refractivity contribution >= 4 is 15.9 Å². The van der Waals surface area contributed by atoms with E-state index < -0.39 is 11.7 Å². The highest BCUT2D eigenvalue weighted by molar-refractivity contribution is 9.10. The minimum Gasteiger partial charge on any atom is -0.324 e. The Hall–Kier alpha value is -1.41. The Balaban J connectivity index is 2.19. The SMILES string of the molecule is NCc1nnc(-c2ccc(Br)cc2C(F)(F)F)n1C1CC1. The molecule has 8 heteroatoms. The molecule has 1 saturated carbocycles. The molecule has 0 bridgehead atoms. The summed E-state index contributed by atoms with van der Waals surface area (Å²) in [5.41, 5.74) is 4.91. The number of hydrogen-bond donors (Lipinski definition) is 1. The van der Waals surface area contributed by atoms with Crippen LogP contribution in [-0.2, 0) is 12.7 Å². The van der Waals surface area contributed by atoms with Gasteiger partial charge in [-0.3, -0.25) is 0 Å². The van der Waals surface area contributed by atoms with Crippen LogP contribution >= 0.6 is 15.9 Å². The molecule has 2 N–H and O–H groups in total. The number of rotatable bonds is 3. The monoisotopic (exact) mass is 360 g/mol. The van der Waals surface area contributed by atoms with Gasteiger partial charge in [0, 0.05) is 16.1 Å². The summed E-state index contributed by atoms with van der Waals surface area (Å²) in [4.78, 5) is 0. The summed E-state index contributed by atoms with van der Waals surface area (Å²) < 4.78 is 41.8. The van der Waals surface area contributed by atoms with E-state index in [0.29, 0.717) is 10.3 Å². The lowest BCUT2D eigenvalue weighted by Gasteiger charge is -2.14. The minimum atomic E-state index is -4.46. The third-order valence-electron chi connectivity index (χ3n) is 3.39. The summed E-state index contributed by atoms with van der Waals surface area (Å²) >= 11 is 3.08. The molecular formula is C13H12BrF3N4. The molecule has 0 radical (unpaired) electrons. The van der Waals surface area contributed by atoms with E-state index in [1.54, 1.807) is 10.6 Å². The third-order valence-corrected chi connectivity index (χ3v) is 3.88. The fraction of sp³-hybridized carbons (Fsp3) is 0.385. The van der Waals surface area contributed by atoms with Crippen molar-refractivity contribution in [3.05, 3.63) is 34.1 Å².